The van der Waals surface area contributed by atoms with Crippen LogP contribution < -0.4 is 10.2 Å². The number of nitrogens with zero attached hydrogens (tertiary/aromatic N) is 6. The Morgan fingerprint density at radius 2 is 1.83 bits per heavy atom. The quantitative estimate of drug-likeness (QED) is 0.316. The van der Waals surface area contributed by atoms with Crippen LogP contribution in [0.25, 0.3) is 16.7 Å². The SMILES string of the molecule is O=C(Nc1nc(N2CCC(F)(F)CC2)nc2c1cnn2-c1ccc(F)cc1)c1ccc([N+](=O)[O-])s1. The molecule has 3 aromatic heterocycles. The van der Waals surface area contributed by atoms with E-state index in [4.69, 9.17) is 0 Å². The molecule has 4 heterocycles. The number of rotatable bonds is 5. The number of halogens is 3. The maximum Gasteiger partial charge on any atom is 0.324 e. The first-order valence-corrected chi connectivity index (χ1v) is 11.2. The molecule has 0 spiro atoms. The molecule has 0 unspecified atom stereocenters. The fourth-order valence-corrected chi connectivity index (χ4v) is 4.37. The number of hydrogen-bond acceptors (Lipinski definition) is 8. The lowest BCUT2D eigenvalue weighted by Gasteiger charge is -2.31. The Morgan fingerprint density at radius 1 is 1.11 bits per heavy atom. The zero-order chi connectivity index (χ0) is 24.7. The van der Waals surface area contributed by atoms with Gasteiger partial charge in [-0.15, -0.1) is 0 Å². The average molecular weight is 503 g/mol. The summed E-state index contributed by atoms with van der Waals surface area (Å²) < 4.78 is 42.2. The van der Waals surface area contributed by atoms with Gasteiger partial charge in [-0.2, -0.15) is 15.1 Å². The molecule has 0 radical (unpaired) electrons. The molecule has 14 heteroatoms. The van der Waals surface area contributed by atoms with Gasteiger partial charge in [-0.1, -0.05) is 11.3 Å². The second-order valence-corrected chi connectivity index (χ2v) is 8.90. The van der Waals surface area contributed by atoms with Crippen LogP contribution in [0.2, 0.25) is 0 Å². The van der Waals surface area contributed by atoms with E-state index < -0.39 is 22.6 Å². The number of fused-ring (bicyclic) bond motifs is 1. The first kappa shape index (κ1) is 22.7. The molecule has 1 amide bonds. The van der Waals surface area contributed by atoms with Gasteiger partial charge in [0.2, 0.25) is 5.95 Å². The van der Waals surface area contributed by atoms with Gasteiger partial charge in [0.25, 0.3) is 11.8 Å². The molecule has 10 nitrogen and oxygen atoms in total. The predicted octanol–water partition coefficient (Wildman–Crippen LogP) is 4.41. The van der Waals surface area contributed by atoms with Crippen LogP contribution in [0.3, 0.4) is 0 Å². The lowest BCUT2D eigenvalue weighted by atomic mass is 10.1. The molecule has 0 saturated carbocycles. The Hall–Kier alpha value is -4.07. The number of nitro groups is 1. The first-order chi connectivity index (χ1) is 16.7. The Kier molecular flexibility index (Phi) is 5.59. The molecule has 0 aliphatic carbocycles. The number of benzene rings is 1. The van der Waals surface area contributed by atoms with Crippen LogP contribution in [0.5, 0.6) is 0 Å². The summed E-state index contributed by atoms with van der Waals surface area (Å²) in [6.07, 6.45) is 0.678. The van der Waals surface area contributed by atoms with E-state index in [-0.39, 0.29) is 53.2 Å². The molecular formula is C21H16F3N7O3S. The highest BCUT2D eigenvalue weighted by Gasteiger charge is 2.35. The van der Waals surface area contributed by atoms with Crippen LogP contribution in [-0.2, 0) is 0 Å². The highest BCUT2D eigenvalue weighted by Crippen LogP contribution is 2.32. The van der Waals surface area contributed by atoms with E-state index in [0.717, 1.165) is 0 Å². The number of amides is 1. The van der Waals surface area contributed by atoms with Crippen molar-refractivity contribution in [3.63, 3.8) is 0 Å². The summed E-state index contributed by atoms with van der Waals surface area (Å²) >= 11 is 0.705. The largest absolute Gasteiger partial charge is 0.340 e. The molecule has 5 rings (SSSR count). The van der Waals surface area contributed by atoms with Crippen LogP contribution in [0.15, 0.2) is 42.6 Å². The number of carbonyl (C=O) groups is 1. The summed E-state index contributed by atoms with van der Waals surface area (Å²) in [4.78, 5) is 33.8. The van der Waals surface area contributed by atoms with Crippen LogP contribution >= 0.6 is 11.3 Å². The summed E-state index contributed by atoms with van der Waals surface area (Å²) in [6, 6.07) is 8.04. The fraction of sp³-hybridized carbons (Fsp3) is 0.238. The Morgan fingerprint density at radius 3 is 2.49 bits per heavy atom. The number of aromatic nitrogens is 4. The zero-order valence-corrected chi connectivity index (χ0v) is 18.6. The molecule has 180 valence electrons. The molecule has 1 aliphatic heterocycles. The van der Waals surface area contributed by atoms with Crippen molar-refractivity contribution in [3.05, 3.63) is 63.4 Å². The van der Waals surface area contributed by atoms with Gasteiger partial charge in [-0.3, -0.25) is 14.9 Å². The van der Waals surface area contributed by atoms with Crippen molar-refractivity contribution < 1.29 is 22.9 Å². The lowest BCUT2D eigenvalue weighted by molar-refractivity contribution is -0.380. The lowest BCUT2D eigenvalue weighted by Crippen LogP contribution is -2.40. The maximum absolute atomic E-state index is 13.7. The molecule has 4 aromatic rings. The van der Waals surface area contributed by atoms with E-state index in [2.05, 4.69) is 20.4 Å². The van der Waals surface area contributed by atoms with Crippen molar-refractivity contribution in [2.75, 3.05) is 23.3 Å². The number of nitrogens with one attached hydrogen (secondary N) is 1. The minimum absolute atomic E-state index is 0.00764. The molecule has 1 N–H and O–H groups in total. The number of piperidine rings is 1. The van der Waals surface area contributed by atoms with Crippen LogP contribution in [0.1, 0.15) is 22.5 Å². The second-order valence-electron chi connectivity index (χ2n) is 7.83. The summed E-state index contributed by atoms with van der Waals surface area (Å²) in [7, 11) is 0. The molecule has 0 atom stereocenters. The Bertz CT molecular complexity index is 1430. The van der Waals surface area contributed by atoms with Gasteiger partial charge in [-0.05, 0) is 30.3 Å². The topological polar surface area (TPSA) is 119 Å². The number of alkyl halides is 2. The monoisotopic (exact) mass is 503 g/mol. The molecule has 1 aliphatic rings. The minimum Gasteiger partial charge on any atom is -0.340 e. The van der Waals surface area contributed by atoms with Gasteiger partial charge in [0.05, 0.1) is 27.1 Å². The van der Waals surface area contributed by atoms with Crippen LogP contribution in [0, 0.1) is 15.9 Å². The van der Waals surface area contributed by atoms with E-state index in [0.29, 0.717) is 22.4 Å². The van der Waals surface area contributed by atoms with Crippen molar-refractivity contribution in [2.45, 2.75) is 18.8 Å². The Balaban J connectivity index is 1.56. The Labute approximate surface area is 199 Å². The second kappa shape index (κ2) is 8.61. The highest BCUT2D eigenvalue weighted by molar-refractivity contribution is 7.17. The fourth-order valence-electron chi connectivity index (χ4n) is 3.66. The normalized spacial score (nSPS) is 15.3. The molecule has 1 saturated heterocycles. The average Bonchev–Trinajstić information content (AvgIpc) is 3.48. The smallest absolute Gasteiger partial charge is 0.324 e. The summed E-state index contributed by atoms with van der Waals surface area (Å²) in [6.45, 7) is 0.0153. The third-order valence-corrected chi connectivity index (χ3v) is 6.53. The predicted molar refractivity (Wildman–Crippen MR) is 122 cm³/mol. The van der Waals surface area contributed by atoms with Crippen molar-refractivity contribution in [1.29, 1.82) is 0 Å². The van der Waals surface area contributed by atoms with Gasteiger partial charge >= 0.3 is 5.00 Å². The van der Waals surface area contributed by atoms with Crippen molar-refractivity contribution in [1.82, 2.24) is 19.7 Å². The summed E-state index contributed by atoms with van der Waals surface area (Å²) in [5.74, 6) is -3.66. The molecule has 1 aromatic carbocycles. The third kappa shape index (κ3) is 4.51. The van der Waals surface area contributed by atoms with E-state index in [1.807, 2.05) is 0 Å². The maximum atomic E-state index is 13.7. The number of anilines is 2. The summed E-state index contributed by atoms with van der Waals surface area (Å²) in [5, 5.41) is 18.0. The number of carbonyl (C=O) groups excluding carboxylic acids is 1. The molecule has 1 fully saturated rings. The number of thiophene rings is 1. The van der Waals surface area contributed by atoms with Gasteiger partial charge in [0.1, 0.15) is 11.6 Å². The van der Waals surface area contributed by atoms with Crippen LogP contribution in [-0.4, -0.2) is 49.6 Å². The van der Waals surface area contributed by atoms with E-state index in [1.54, 1.807) is 4.90 Å². The molecular weight excluding hydrogens is 487 g/mol. The summed E-state index contributed by atoms with van der Waals surface area (Å²) in [5.41, 5.74) is 0.758. The molecule has 0 bridgehead atoms. The van der Waals surface area contributed by atoms with Crippen LogP contribution in [0.4, 0.5) is 29.9 Å². The van der Waals surface area contributed by atoms with E-state index >= 15 is 0 Å². The molecule has 35 heavy (non-hydrogen) atoms. The van der Waals surface area contributed by atoms with E-state index in [1.165, 1.54) is 47.3 Å². The van der Waals surface area contributed by atoms with E-state index in [9.17, 15) is 28.1 Å². The minimum atomic E-state index is -2.78. The highest BCUT2D eigenvalue weighted by atomic mass is 32.1. The number of hydrogen-bond donors (Lipinski definition) is 1. The van der Waals surface area contributed by atoms with Crippen molar-refractivity contribution >= 4 is 45.0 Å². The standard InChI is InChI=1S/C21H16F3N7O3S/c22-12-1-3-13(4-2-12)30-18-14(11-25-30)17(26-19(32)15-5-6-16(35-15)31(33)34)27-20(28-18)29-9-7-21(23,24)8-10-29/h1-6,11H,7-10H2,(H,26,27,28,32). The van der Waals surface area contributed by atoms with Gasteiger partial charge in [0.15, 0.2) is 5.65 Å². The van der Waals surface area contributed by atoms with Gasteiger partial charge in [-0.25, -0.2) is 17.9 Å². The zero-order valence-electron chi connectivity index (χ0n) is 17.8. The van der Waals surface area contributed by atoms with Crippen molar-refractivity contribution in [2.24, 2.45) is 0 Å². The van der Waals surface area contributed by atoms with Crippen molar-refractivity contribution in [3.8, 4) is 5.69 Å². The third-order valence-electron chi connectivity index (χ3n) is 5.49. The van der Waals surface area contributed by atoms with Gasteiger partial charge < -0.3 is 10.2 Å². The van der Waals surface area contributed by atoms with Gasteiger partial charge in [0, 0.05) is 32.0 Å². The first-order valence-electron chi connectivity index (χ1n) is 10.4.